The number of hydrogen-bond acceptors (Lipinski definition) is 0. The molecule has 0 saturated heterocycles. The molecule has 0 nitrogen and oxygen atoms in total. The van der Waals surface area contributed by atoms with Gasteiger partial charge in [0.25, 0.3) is 0 Å². The normalized spacial score (nSPS) is 9.07. The Hall–Kier alpha value is -0.490. The van der Waals surface area contributed by atoms with Crippen molar-refractivity contribution in [3.8, 4) is 0 Å². The van der Waals surface area contributed by atoms with Crippen LogP contribution < -0.4 is 0 Å². The van der Waals surface area contributed by atoms with E-state index in [-0.39, 0.29) is 0 Å². The molecule has 1 rings (SSSR count). The van der Waals surface area contributed by atoms with Crippen molar-refractivity contribution in [1.29, 1.82) is 0 Å². The lowest BCUT2D eigenvalue weighted by molar-refractivity contribution is 0.667. The lowest BCUT2D eigenvalue weighted by atomic mass is 10.1. The fraction of sp³-hybridized carbons (Fsp3) is 0.538. The van der Waals surface area contributed by atoms with E-state index in [1.54, 1.807) is 0 Å². The second kappa shape index (κ2) is 10.6. The van der Waals surface area contributed by atoms with E-state index in [9.17, 15) is 0 Å². The van der Waals surface area contributed by atoms with Crippen molar-refractivity contribution in [3.05, 3.63) is 35.9 Å². The highest BCUT2D eigenvalue weighted by molar-refractivity contribution is 6.15. The van der Waals surface area contributed by atoms with Crippen LogP contribution in [0.4, 0.5) is 0 Å². The number of unbranched alkanes of at least 4 members (excludes halogenated alkanes) is 3. The Morgan fingerprint density at radius 3 is 2.14 bits per heavy atom. The first-order chi connectivity index (χ1) is 6.93. The van der Waals surface area contributed by atoms with E-state index in [4.69, 9.17) is 0 Å². The Kier molecular flexibility index (Phi) is 10.2. The number of rotatable bonds is 5. The largest absolute Gasteiger partial charge is 0.130 e. The Balaban J connectivity index is 0.000000791. The van der Waals surface area contributed by atoms with Gasteiger partial charge in [-0.25, -0.2) is 0 Å². The van der Waals surface area contributed by atoms with Gasteiger partial charge in [-0.2, -0.15) is 0 Å². The minimum absolute atomic E-state index is 1.25. The van der Waals surface area contributed by atoms with Crippen LogP contribution in [-0.2, 0) is 6.42 Å². The molecule has 0 spiro atoms. The lowest BCUT2D eigenvalue weighted by Crippen LogP contribution is -1.84. The first-order valence-electron chi connectivity index (χ1n) is 5.35. The smallest absolute Gasteiger partial charge is 0.0108 e. The molecule has 0 radical (unpaired) electrons. The van der Waals surface area contributed by atoms with Crippen LogP contribution >= 0.6 is 11.6 Å². The van der Waals surface area contributed by atoms with Crippen LogP contribution in [0, 0.1) is 0 Å². The standard InChI is InChI=1S/C12H18.CH3Cl/c1-2-3-4-6-9-12-10-7-5-8-11-12;1-2/h5,7-8,10-11H,2-4,6,9H2,1H3;1H3. The predicted octanol–water partition coefficient (Wildman–Crippen LogP) is 4.66. The molecule has 0 heterocycles. The molecular weight excluding hydrogens is 192 g/mol. The SMILES string of the molecule is CCCCCCc1ccccc1.CCl. The van der Waals surface area contributed by atoms with Crippen molar-refractivity contribution in [2.24, 2.45) is 0 Å². The first-order valence-corrected chi connectivity index (χ1v) is 6.11. The molecule has 1 heteroatoms. The third-order valence-corrected chi connectivity index (χ3v) is 2.16. The highest BCUT2D eigenvalue weighted by atomic mass is 35.5. The summed E-state index contributed by atoms with van der Waals surface area (Å²) in [5, 5.41) is 0. The van der Waals surface area contributed by atoms with Gasteiger partial charge >= 0.3 is 0 Å². The van der Waals surface area contributed by atoms with Gasteiger partial charge < -0.3 is 0 Å². The van der Waals surface area contributed by atoms with Gasteiger partial charge in [0.1, 0.15) is 0 Å². The molecule has 0 fully saturated rings. The van der Waals surface area contributed by atoms with Crippen LogP contribution in [0.3, 0.4) is 0 Å². The van der Waals surface area contributed by atoms with E-state index in [2.05, 4.69) is 48.9 Å². The fourth-order valence-corrected chi connectivity index (χ4v) is 1.40. The average Bonchev–Trinajstić information content (AvgIpc) is 2.29. The number of alkyl halides is 1. The maximum atomic E-state index is 4.64. The van der Waals surface area contributed by atoms with Gasteiger partial charge in [-0.1, -0.05) is 56.5 Å². The molecule has 14 heavy (non-hydrogen) atoms. The van der Waals surface area contributed by atoms with Gasteiger partial charge in [-0.15, -0.1) is 11.6 Å². The van der Waals surface area contributed by atoms with Crippen LogP contribution in [0.2, 0.25) is 0 Å². The lowest BCUT2D eigenvalue weighted by Gasteiger charge is -1.99. The molecule has 0 atom stereocenters. The monoisotopic (exact) mass is 212 g/mol. The molecule has 0 aliphatic carbocycles. The van der Waals surface area contributed by atoms with E-state index < -0.39 is 0 Å². The highest BCUT2D eigenvalue weighted by Gasteiger charge is 1.90. The fourth-order valence-electron chi connectivity index (χ4n) is 1.40. The molecule has 0 unspecified atom stereocenters. The molecule has 1 aromatic rings. The van der Waals surface area contributed by atoms with Crippen molar-refractivity contribution in [1.82, 2.24) is 0 Å². The minimum Gasteiger partial charge on any atom is -0.130 e. The third-order valence-electron chi connectivity index (χ3n) is 2.16. The van der Waals surface area contributed by atoms with Crippen molar-refractivity contribution < 1.29 is 0 Å². The summed E-state index contributed by atoms with van der Waals surface area (Å²) in [5.74, 6) is 0. The molecule has 0 N–H and O–H groups in total. The summed E-state index contributed by atoms with van der Waals surface area (Å²) in [6.45, 7) is 2.25. The Morgan fingerprint density at radius 1 is 0.929 bits per heavy atom. The summed E-state index contributed by atoms with van der Waals surface area (Å²) in [5.41, 5.74) is 1.48. The van der Waals surface area contributed by atoms with Crippen LogP contribution in [-0.4, -0.2) is 6.38 Å². The minimum atomic E-state index is 1.25. The van der Waals surface area contributed by atoms with E-state index in [0.717, 1.165) is 0 Å². The molecule has 0 bridgehead atoms. The quantitative estimate of drug-likeness (QED) is 0.492. The Morgan fingerprint density at radius 2 is 1.57 bits per heavy atom. The molecule has 0 saturated carbocycles. The molecule has 1 aromatic carbocycles. The Labute approximate surface area is 93.3 Å². The van der Waals surface area contributed by atoms with Crippen LogP contribution in [0.25, 0.3) is 0 Å². The number of hydrogen-bond donors (Lipinski definition) is 0. The second-order valence-electron chi connectivity index (χ2n) is 3.30. The maximum absolute atomic E-state index is 4.64. The van der Waals surface area contributed by atoms with Gasteiger partial charge in [-0.05, 0) is 18.4 Å². The van der Waals surface area contributed by atoms with E-state index in [0.29, 0.717) is 0 Å². The summed E-state index contributed by atoms with van der Waals surface area (Å²) in [6, 6.07) is 10.7. The predicted molar refractivity (Wildman–Crippen MR) is 66.1 cm³/mol. The summed E-state index contributed by atoms with van der Waals surface area (Å²) in [6.07, 6.45) is 8.16. The zero-order chi connectivity index (χ0) is 10.6. The summed E-state index contributed by atoms with van der Waals surface area (Å²) in [4.78, 5) is 0. The average molecular weight is 213 g/mol. The molecule has 0 aliphatic heterocycles. The van der Waals surface area contributed by atoms with Crippen molar-refractivity contribution in [2.75, 3.05) is 6.38 Å². The topological polar surface area (TPSA) is 0 Å². The van der Waals surface area contributed by atoms with Gasteiger partial charge in [0, 0.05) is 6.38 Å². The van der Waals surface area contributed by atoms with Crippen molar-refractivity contribution >= 4 is 11.6 Å². The van der Waals surface area contributed by atoms with Crippen molar-refractivity contribution in [3.63, 3.8) is 0 Å². The van der Waals surface area contributed by atoms with Gasteiger partial charge in [0.15, 0.2) is 0 Å². The molecule has 0 aliphatic rings. The maximum Gasteiger partial charge on any atom is 0.0108 e. The molecule has 0 aromatic heterocycles. The summed E-state index contributed by atoms with van der Waals surface area (Å²) >= 11 is 4.64. The van der Waals surface area contributed by atoms with Gasteiger partial charge in [0.05, 0.1) is 0 Å². The van der Waals surface area contributed by atoms with Gasteiger partial charge in [0.2, 0.25) is 0 Å². The number of aryl methyl sites for hydroxylation is 1. The van der Waals surface area contributed by atoms with Crippen LogP contribution in [0.5, 0.6) is 0 Å². The second-order valence-corrected chi connectivity index (χ2v) is 3.30. The molecule has 80 valence electrons. The molecule has 0 amide bonds. The highest BCUT2D eigenvalue weighted by Crippen LogP contribution is 2.06. The summed E-state index contributed by atoms with van der Waals surface area (Å²) < 4.78 is 0. The number of benzene rings is 1. The van der Waals surface area contributed by atoms with Crippen molar-refractivity contribution in [2.45, 2.75) is 39.0 Å². The molecular formula is C13H21Cl. The zero-order valence-corrected chi connectivity index (χ0v) is 10.1. The Bertz CT molecular complexity index is 194. The van der Waals surface area contributed by atoms with Crippen LogP contribution in [0.1, 0.15) is 38.2 Å². The third kappa shape index (κ3) is 6.97. The van der Waals surface area contributed by atoms with E-state index in [1.165, 1.54) is 44.1 Å². The van der Waals surface area contributed by atoms with Gasteiger partial charge in [-0.3, -0.25) is 0 Å². The van der Waals surface area contributed by atoms with Crippen LogP contribution in [0.15, 0.2) is 30.3 Å². The zero-order valence-electron chi connectivity index (χ0n) is 9.30. The van der Waals surface area contributed by atoms with E-state index >= 15 is 0 Å². The number of halogens is 1. The summed E-state index contributed by atoms with van der Waals surface area (Å²) in [7, 11) is 0. The van der Waals surface area contributed by atoms with E-state index in [1.807, 2.05) is 0 Å². The first kappa shape index (κ1) is 13.5.